The normalized spacial score (nSPS) is 14.6. The number of anilines is 2. The molecule has 23 heavy (non-hydrogen) atoms. The Kier molecular flexibility index (Phi) is 4.79. The van der Waals surface area contributed by atoms with Crippen molar-refractivity contribution in [3.05, 3.63) is 58.9 Å². The van der Waals surface area contributed by atoms with Gasteiger partial charge in [-0.05, 0) is 36.4 Å². The molecule has 0 saturated carbocycles. The summed E-state index contributed by atoms with van der Waals surface area (Å²) in [7, 11) is 0. The van der Waals surface area contributed by atoms with E-state index in [2.05, 4.69) is 15.5 Å². The van der Waals surface area contributed by atoms with Crippen molar-refractivity contribution >= 4 is 28.9 Å². The molecule has 1 aliphatic rings. The van der Waals surface area contributed by atoms with Crippen molar-refractivity contribution in [2.45, 2.75) is 0 Å². The summed E-state index contributed by atoms with van der Waals surface area (Å²) in [6.07, 6.45) is 0. The van der Waals surface area contributed by atoms with Gasteiger partial charge in [-0.3, -0.25) is 4.79 Å². The Morgan fingerprint density at radius 3 is 2.48 bits per heavy atom. The number of rotatable bonds is 3. The first-order valence-corrected chi connectivity index (χ1v) is 7.84. The highest BCUT2D eigenvalue weighted by Crippen LogP contribution is 2.22. The molecule has 2 N–H and O–H groups in total. The molecule has 4 nitrogen and oxygen atoms in total. The van der Waals surface area contributed by atoms with Gasteiger partial charge in [-0.1, -0.05) is 17.7 Å². The molecule has 0 radical (unpaired) electrons. The zero-order chi connectivity index (χ0) is 16.2. The van der Waals surface area contributed by atoms with Gasteiger partial charge in [-0.15, -0.1) is 0 Å². The average Bonchev–Trinajstić information content (AvgIpc) is 2.56. The maximum absolute atomic E-state index is 13.8. The summed E-state index contributed by atoms with van der Waals surface area (Å²) in [5.74, 6) is -1.18. The third-order valence-electron chi connectivity index (χ3n) is 3.80. The van der Waals surface area contributed by atoms with Gasteiger partial charge in [0.15, 0.2) is 0 Å². The van der Waals surface area contributed by atoms with Crippen LogP contribution in [0.25, 0.3) is 0 Å². The smallest absolute Gasteiger partial charge is 0.260 e. The molecule has 3 rings (SSSR count). The quantitative estimate of drug-likeness (QED) is 0.907. The van der Waals surface area contributed by atoms with Crippen molar-refractivity contribution in [2.75, 3.05) is 36.4 Å². The van der Waals surface area contributed by atoms with E-state index < -0.39 is 11.7 Å². The summed E-state index contributed by atoms with van der Waals surface area (Å²) >= 11 is 5.90. The van der Waals surface area contributed by atoms with E-state index in [1.54, 1.807) is 0 Å². The summed E-state index contributed by atoms with van der Waals surface area (Å²) in [6, 6.07) is 11.7. The summed E-state index contributed by atoms with van der Waals surface area (Å²) in [5, 5.41) is 6.08. The van der Waals surface area contributed by atoms with E-state index in [9.17, 15) is 9.18 Å². The summed E-state index contributed by atoms with van der Waals surface area (Å²) in [4.78, 5) is 14.5. The van der Waals surface area contributed by atoms with Crippen LogP contribution in [0.15, 0.2) is 42.5 Å². The highest BCUT2D eigenvalue weighted by atomic mass is 35.5. The molecule has 0 atom stereocenters. The van der Waals surface area contributed by atoms with Crippen LogP contribution in [0.2, 0.25) is 5.02 Å². The third kappa shape index (κ3) is 3.63. The fourth-order valence-corrected chi connectivity index (χ4v) is 2.84. The number of amides is 1. The number of hydrogen-bond donors (Lipinski definition) is 2. The summed E-state index contributed by atoms with van der Waals surface area (Å²) in [6.45, 7) is 3.83. The van der Waals surface area contributed by atoms with Crippen LogP contribution >= 0.6 is 11.6 Å². The monoisotopic (exact) mass is 333 g/mol. The van der Waals surface area contributed by atoms with Crippen LogP contribution < -0.4 is 15.5 Å². The van der Waals surface area contributed by atoms with Crippen molar-refractivity contribution in [3.63, 3.8) is 0 Å². The first-order valence-electron chi connectivity index (χ1n) is 7.46. The van der Waals surface area contributed by atoms with Crippen LogP contribution in [0, 0.1) is 5.82 Å². The first kappa shape index (κ1) is 15.8. The lowest BCUT2D eigenvalue weighted by Crippen LogP contribution is -2.43. The SMILES string of the molecule is O=C(Nc1ccc(N2CCNCC2)cc1)c1c(F)cccc1Cl. The molecule has 0 aromatic heterocycles. The van der Waals surface area contributed by atoms with Gasteiger partial charge in [0, 0.05) is 37.6 Å². The van der Waals surface area contributed by atoms with Gasteiger partial charge in [-0.2, -0.15) is 0 Å². The van der Waals surface area contributed by atoms with Crippen LogP contribution in [-0.2, 0) is 0 Å². The maximum Gasteiger partial charge on any atom is 0.260 e. The second-order valence-corrected chi connectivity index (χ2v) is 5.74. The van der Waals surface area contributed by atoms with Gasteiger partial charge < -0.3 is 15.5 Å². The lowest BCUT2D eigenvalue weighted by molar-refractivity contribution is 0.102. The molecule has 1 aliphatic heterocycles. The maximum atomic E-state index is 13.8. The number of benzene rings is 2. The highest BCUT2D eigenvalue weighted by Gasteiger charge is 2.16. The Balaban J connectivity index is 1.72. The van der Waals surface area contributed by atoms with E-state index in [0.717, 1.165) is 31.9 Å². The Hall–Kier alpha value is -2.11. The number of piperazine rings is 1. The predicted molar refractivity (Wildman–Crippen MR) is 90.9 cm³/mol. The van der Waals surface area contributed by atoms with Gasteiger partial charge in [0.1, 0.15) is 5.82 Å². The van der Waals surface area contributed by atoms with Gasteiger partial charge in [0.2, 0.25) is 0 Å². The largest absolute Gasteiger partial charge is 0.369 e. The van der Waals surface area contributed by atoms with Crippen LogP contribution in [-0.4, -0.2) is 32.1 Å². The fourth-order valence-electron chi connectivity index (χ4n) is 2.59. The van der Waals surface area contributed by atoms with Crippen LogP contribution in [0.1, 0.15) is 10.4 Å². The second-order valence-electron chi connectivity index (χ2n) is 5.33. The molecular weight excluding hydrogens is 317 g/mol. The van der Waals surface area contributed by atoms with E-state index >= 15 is 0 Å². The molecule has 0 spiro atoms. The molecule has 2 aromatic carbocycles. The van der Waals surface area contributed by atoms with Gasteiger partial charge in [-0.25, -0.2) is 4.39 Å². The number of nitrogens with zero attached hydrogens (tertiary/aromatic N) is 1. The number of nitrogens with one attached hydrogen (secondary N) is 2. The molecule has 2 aromatic rings. The van der Waals surface area contributed by atoms with Crippen molar-refractivity contribution in [1.29, 1.82) is 0 Å². The number of carbonyl (C=O) groups is 1. The van der Waals surface area contributed by atoms with E-state index in [1.165, 1.54) is 18.2 Å². The number of hydrogen-bond acceptors (Lipinski definition) is 3. The Morgan fingerprint density at radius 1 is 1.13 bits per heavy atom. The predicted octanol–water partition coefficient (Wildman–Crippen LogP) is 3.14. The molecule has 6 heteroatoms. The van der Waals surface area contributed by atoms with E-state index in [1.807, 2.05) is 24.3 Å². The molecular formula is C17H17ClFN3O. The molecule has 1 heterocycles. The lowest BCUT2D eigenvalue weighted by Gasteiger charge is -2.29. The topological polar surface area (TPSA) is 44.4 Å². The first-order chi connectivity index (χ1) is 11.1. The summed E-state index contributed by atoms with van der Waals surface area (Å²) in [5.41, 5.74) is 1.57. The molecule has 120 valence electrons. The van der Waals surface area contributed by atoms with Crippen LogP contribution in [0.5, 0.6) is 0 Å². The molecule has 0 bridgehead atoms. The lowest BCUT2D eigenvalue weighted by atomic mass is 10.2. The van der Waals surface area contributed by atoms with E-state index in [-0.39, 0.29) is 10.6 Å². The van der Waals surface area contributed by atoms with Gasteiger partial charge in [0.25, 0.3) is 5.91 Å². The molecule has 0 aliphatic carbocycles. The third-order valence-corrected chi connectivity index (χ3v) is 4.11. The molecule has 1 fully saturated rings. The number of halogens is 2. The fraction of sp³-hybridized carbons (Fsp3) is 0.235. The minimum atomic E-state index is -0.632. The molecule has 1 saturated heterocycles. The summed E-state index contributed by atoms with van der Waals surface area (Å²) < 4.78 is 13.8. The van der Waals surface area contributed by atoms with Gasteiger partial charge in [0.05, 0.1) is 10.6 Å². The average molecular weight is 334 g/mol. The Labute approximate surface area is 139 Å². The Morgan fingerprint density at radius 2 is 1.83 bits per heavy atom. The van der Waals surface area contributed by atoms with Crippen molar-refractivity contribution in [2.24, 2.45) is 0 Å². The van der Waals surface area contributed by atoms with Crippen molar-refractivity contribution in [3.8, 4) is 0 Å². The number of carbonyl (C=O) groups excluding carboxylic acids is 1. The van der Waals surface area contributed by atoms with Gasteiger partial charge >= 0.3 is 0 Å². The highest BCUT2D eigenvalue weighted by molar-refractivity contribution is 6.34. The van der Waals surface area contributed by atoms with E-state index in [0.29, 0.717) is 5.69 Å². The molecule has 1 amide bonds. The second kappa shape index (κ2) is 6.98. The minimum absolute atomic E-state index is 0.0972. The standard InChI is InChI=1S/C17H17ClFN3O/c18-14-2-1-3-15(19)16(14)17(23)21-12-4-6-13(7-5-12)22-10-8-20-9-11-22/h1-7,20H,8-11H2,(H,21,23). The Bertz CT molecular complexity index is 679. The van der Waals surface area contributed by atoms with Crippen LogP contribution in [0.4, 0.5) is 15.8 Å². The zero-order valence-corrected chi connectivity index (χ0v) is 13.2. The van der Waals surface area contributed by atoms with Crippen molar-refractivity contribution < 1.29 is 9.18 Å². The van der Waals surface area contributed by atoms with Crippen molar-refractivity contribution in [1.82, 2.24) is 5.32 Å². The molecule has 0 unspecified atom stereocenters. The zero-order valence-electron chi connectivity index (χ0n) is 12.5. The van der Waals surface area contributed by atoms with E-state index in [4.69, 9.17) is 11.6 Å². The van der Waals surface area contributed by atoms with Crippen LogP contribution in [0.3, 0.4) is 0 Å². The minimum Gasteiger partial charge on any atom is -0.369 e.